The number of hydrogen-bond acceptors (Lipinski definition) is 2. The minimum Gasteiger partial charge on any atom is -0.206 e. The normalized spacial score (nSPS) is 8.87. The zero-order valence-corrected chi connectivity index (χ0v) is 9.42. The molecule has 0 saturated carbocycles. The zero-order valence-electron chi connectivity index (χ0n) is 7.26. The first-order valence-corrected chi connectivity index (χ1v) is 4.82. The number of hydrogen-bond donors (Lipinski definition) is 0. The molecule has 5 heteroatoms. The maximum atomic E-state index is 13.2. The molecule has 1 aromatic rings. The molecular formula is C10H3F2IN2. The Hall–Kier alpha value is -1.47. The monoisotopic (exact) mass is 316 g/mol. The molecule has 15 heavy (non-hydrogen) atoms. The van der Waals surface area contributed by atoms with E-state index in [0.29, 0.717) is 0 Å². The topological polar surface area (TPSA) is 47.6 Å². The van der Waals surface area contributed by atoms with Gasteiger partial charge in [0.2, 0.25) is 0 Å². The average molecular weight is 316 g/mol. The lowest BCUT2D eigenvalue weighted by Crippen LogP contribution is -1.89. The molecule has 0 radical (unpaired) electrons. The molecule has 0 spiro atoms. The van der Waals surface area contributed by atoms with Crippen molar-refractivity contribution >= 4 is 28.7 Å². The highest BCUT2D eigenvalue weighted by atomic mass is 127. The Morgan fingerprint density at radius 1 is 1.20 bits per heavy atom. The molecule has 0 aliphatic rings. The maximum Gasteiger partial charge on any atom is 0.139 e. The molecule has 0 aliphatic carbocycles. The summed E-state index contributed by atoms with van der Waals surface area (Å²) >= 11 is 1.70. The largest absolute Gasteiger partial charge is 0.206 e. The number of nitriles is 2. The van der Waals surface area contributed by atoms with Gasteiger partial charge in [-0.2, -0.15) is 10.5 Å². The van der Waals surface area contributed by atoms with Crippen LogP contribution in [-0.2, 0) is 0 Å². The van der Waals surface area contributed by atoms with Crippen molar-refractivity contribution in [1.29, 1.82) is 10.5 Å². The Bertz CT molecular complexity index is 493. The van der Waals surface area contributed by atoms with Gasteiger partial charge in [-0.15, -0.1) is 0 Å². The van der Waals surface area contributed by atoms with E-state index < -0.39 is 11.6 Å². The van der Waals surface area contributed by atoms with Crippen molar-refractivity contribution in [2.75, 3.05) is 0 Å². The van der Waals surface area contributed by atoms with Crippen LogP contribution in [0.3, 0.4) is 0 Å². The summed E-state index contributed by atoms with van der Waals surface area (Å²) in [5, 5.41) is 16.9. The van der Waals surface area contributed by atoms with Crippen molar-refractivity contribution in [3.05, 3.63) is 38.5 Å². The molecule has 0 atom stereocenters. The maximum absolute atomic E-state index is 13.2. The van der Waals surface area contributed by atoms with Gasteiger partial charge in [-0.3, -0.25) is 0 Å². The first-order chi connectivity index (χ1) is 7.08. The highest BCUT2D eigenvalue weighted by molar-refractivity contribution is 14.1. The summed E-state index contributed by atoms with van der Waals surface area (Å²) in [5.74, 6) is -1.46. The minimum absolute atomic E-state index is 0.0268. The fourth-order valence-electron chi connectivity index (χ4n) is 0.894. The molecule has 0 fully saturated rings. The van der Waals surface area contributed by atoms with E-state index in [0.717, 1.165) is 12.1 Å². The predicted molar refractivity (Wildman–Crippen MR) is 58.3 cm³/mol. The molecular weight excluding hydrogens is 313 g/mol. The van der Waals surface area contributed by atoms with Gasteiger partial charge in [0.15, 0.2) is 0 Å². The Labute approximate surface area is 98.6 Å². The van der Waals surface area contributed by atoms with Crippen LogP contribution in [0.2, 0.25) is 0 Å². The number of rotatable bonds is 1. The van der Waals surface area contributed by atoms with Crippen LogP contribution in [0.25, 0.3) is 6.08 Å². The fourth-order valence-corrected chi connectivity index (χ4v) is 1.38. The molecule has 0 aromatic heterocycles. The first-order valence-electron chi connectivity index (χ1n) is 3.75. The predicted octanol–water partition coefficient (Wildman–Crippen LogP) is 3.00. The van der Waals surface area contributed by atoms with Gasteiger partial charge in [-0.05, 0) is 34.7 Å². The van der Waals surface area contributed by atoms with Gasteiger partial charge in [-0.1, -0.05) is 0 Å². The van der Waals surface area contributed by atoms with Crippen LogP contribution in [0.5, 0.6) is 0 Å². The van der Waals surface area contributed by atoms with Crippen LogP contribution >= 0.6 is 22.6 Å². The molecule has 0 unspecified atom stereocenters. The SMILES string of the molecule is N#CC(C#N)=Cc1cc(I)c(F)cc1F. The van der Waals surface area contributed by atoms with Crippen LogP contribution in [0.4, 0.5) is 8.78 Å². The third-order valence-electron chi connectivity index (χ3n) is 1.58. The van der Waals surface area contributed by atoms with E-state index in [1.54, 1.807) is 34.7 Å². The lowest BCUT2D eigenvalue weighted by molar-refractivity contribution is 0.577. The van der Waals surface area contributed by atoms with Gasteiger partial charge in [0, 0.05) is 15.2 Å². The molecule has 0 amide bonds. The number of halogens is 3. The lowest BCUT2D eigenvalue weighted by atomic mass is 10.1. The minimum atomic E-state index is -0.795. The molecule has 0 aliphatic heterocycles. The summed E-state index contributed by atoms with van der Waals surface area (Å²) in [4.78, 5) is 0. The standard InChI is InChI=1S/C10H3F2IN2/c11-8-3-9(12)10(13)2-7(8)1-6(4-14)5-15/h1-3H. The van der Waals surface area contributed by atoms with Crippen molar-refractivity contribution in [3.63, 3.8) is 0 Å². The molecule has 0 N–H and O–H groups in total. The summed E-state index contributed by atoms with van der Waals surface area (Å²) in [6, 6.07) is 5.16. The van der Waals surface area contributed by atoms with Gasteiger partial charge in [0.25, 0.3) is 0 Å². The molecule has 0 bridgehead atoms. The molecule has 0 saturated heterocycles. The first kappa shape index (κ1) is 11.6. The van der Waals surface area contributed by atoms with Crippen LogP contribution < -0.4 is 0 Å². The van der Waals surface area contributed by atoms with E-state index >= 15 is 0 Å². The summed E-state index contributed by atoms with van der Waals surface area (Å²) in [7, 11) is 0. The van der Waals surface area contributed by atoms with Gasteiger partial charge in [-0.25, -0.2) is 8.78 Å². The van der Waals surface area contributed by atoms with Crippen LogP contribution in [0.15, 0.2) is 17.7 Å². The quantitative estimate of drug-likeness (QED) is 0.454. The van der Waals surface area contributed by atoms with E-state index in [2.05, 4.69) is 0 Å². The Balaban J connectivity index is 3.30. The van der Waals surface area contributed by atoms with Crippen LogP contribution in [0, 0.1) is 37.9 Å². The van der Waals surface area contributed by atoms with Crippen LogP contribution in [-0.4, -0.2) is 0 Å². The summed E-state index contributed by atoms with van der Waals surface area (Å²) in [6.07, 6.45) is 1.08. The summed E-state index contributed by atoms with van der Waals surface area (Å²) < 4.78 is 26.3. The summed E-state index contributed by atoms with van der Waals surface area (Å²) in [5.41, 5.74) is -0.199. The van der Waals surface area contributed by atoms with E-state index in [-0.39, 0.29) is 14.7 Å². The van der Waals surface area contributed by atoms with Gasteiger partial charge < -0.3 is 0 Å². The highest BCUT2D eigenvalue weighted by Crippen LogP contribution is 2.18. The van der Waals surface area contributed by atoms with Crippen molar-refractivity contribution < 1.29 is 8.78 Å². The second kappa shape index (κ2) is 4.85. The second-order valence-corrected chi connectivity index (χ2v) is 3.73. The molecule has 1 aromatic carbocycles. The molecule has 1 rings (SSSR count). The van der Waals surface area contributed by atoms with Gasteiger partial charge in [0.05, 0.1) is 0 Å². The van der Waals surface area contributed by atoms with Gasteiger partial charge in [0.1, 0.15) is 29.3 Å². The fraction of sp³-hybridized carbons (Fsp3) is 0. The van der Waals surface area contributed by atoms with Crippen molar-refractivity contribution in [3.8, 4) is 12.1 Å². The second-order valence-electron chi connectivity index (χ2n) is 2.57. The molecule has 2 nitrogen and oxygen atoms in total. The Morgan fingerprint density at radius 2 is 1.80 bits per heavy atom. The van der Waals surface area contributed by atoms with Crippen molar-refractivity contribution in [1.82, 2.24) is 0 Å². The lowest BCUT2D eigenvalue weighted by Gasteiger charge is -1.99. The van der Waals surface area contributed by atoms with E-state index in [1.165, 1.54) is 6.07 Å². The van der Waals surface area contributed by atoms with Gasteiger partial charge >= 0.3 is 0 Å². The highest BCUT2D eigenvalue weighted by Gasteiger charge is 2.07. The zero-order chi connectivity index (χ0) is 11.4. The molecule has 0 heterocycles. The Kier molecular flexibility index (Phi) is 3.75. The average Bonchev–Trinajstić information content (AvgIpc) is 2.21. The number of allylic oxidation sites excluding steroid dienone is 1. The van der Waals surface area contributed by atoms with Crippen LogP contribution in [0.1, 0.15) is 5.56 Å². The van der Waals surface area contributed by atoms with E-state index in [9.17, 15) is 8.78 Å². The van der Waals surface area contributed by atoms with E-state index in [4.69, 9.17) is 10.5 Å². The smallest absolute Gasteiger partial charge is 0.139 e. The Morgan fingerprint density at radius 3 is 2.33 bits per heavy atom. The van der Waals surface area contributed by atoms with Crippen molar-refractivity contribution in [2.24, 2.45) is 0 Å². The third kappa shape index (κ3) is 2.74. The number of benzene rings is 1. The number of nitrogens with zero attached hydrogens (tertiary/aromatic N) is 2. The summed E-state index contributed by atoms with van der Waals surface area (Å²) in [6.45, 7) is 0. The molecule has 74 valence electrons. The van der Waals surface area contributed by atoms with Crippen molar-refractivity contribution in [2.45, 2.75) is 0 Å². The third-order valence-corrected chi connectivity index (χ3v) is 2.41. The van der Waals surface area contributed by atoms with E-state index in [1.807, 2.05) is 0 Å².